The van der Waals surface area contributed by atoms with E-state index in [1.165, 1.54) is 14.2 Å². The number of ketones is 3. The Morgan fingerprint density at radius 1 is 0.785 bits per heavy atom. The summed E-state index contributed by atoms with van der Waals surface area (Å²) in [6.07, 6.45) is -6.26. The third-order valence-electron chi connectivity index (χ3n) is 19.3. The van der Waals surface area contributed by atoms with E-state index in [9.17, 15) is 74.7 Å². The number of ether oxygens (including phenoxy) is 11. The average molecular weight is 1330 g/mol. The zero-order valence-corrected chi connectivity index (χ0v) is 55.3. The first kappa shape index (κ1) is 77.5. The second kappa shape index (κ2) is 35.7. The quantitative estimate of drug-likeness (QED) is 0.0490. The summed E-state index contributed by atoms with van der Waals surface area (Å²) in [6.45, 7) is 9.40. The summed E-state index contributed by atoms with van der Waals surface area (Å²) < 4.78 is 62.4. The molecule has 0 radical (unpaired) electrons. The summed E-state index contributed by atoms with van der Waals surface area (Å²) in [5.41, 5.74) is 1.16. The van der Waals surface area contributed by atoms with Crippen LogP contribution in [0.4, 0.5) is 4.79 Å². The molecule has 0 aromatic rings. The van der Waals surface area contributed by atoms with E-state index in [1.807, 2.05) is 51.2 Å². The number of aliphatic hydroxyl groups is 9. The monoisotopic (exact) mass is 1330 g/mol. The smallest absolute Gasteiger partial charge is 0.460 e. The summed E-state index contributed by atoms with van der Waals surface area (Å²) >= 11 is 0. The number of esters is 1. The summed E-state index contributed by atoms with van der Waals surface area (Å²) in [4.78, 5) is 85.9. The molecule has 24 atom stereocenters. The molecule has 2 unspecified atom stereocenters. The second-order valence-electron chi connectivity index (χ2n) is 26.3. The number of allylic oxidation sites excluding steroid dienone is 6. The molecule has 2 bridgehead atoms. The van der Waals surface area contributed by atoms with Crippen molar-refractivity contribution in [3.8, 4) is 0 Å². The van der Waals surface area contributed by atoms with E-state index >= 15 is 0 Å². The molecule has 0 spiro atoms. The van der Waals surface area contributed by atoms with Crippen LogP contribution in [0.15, 0.2) is 47.6 Å². The van der Waals surface area contributed by atoms with Crippen molar-refractivity contribution in [2.24, 2.45) is 35.5 Å². The molecule has 27 nitrogen and oxygen atoms in total. The zero-order valence-electron chi connectivity index (χ0n) is 55.3. The molecule has 27 heteroatoms. The highest BCUT2D eigenvalue weighted by Gasteiger charge is 2.56. The number of rotatable bonds is 15. The van der Waals surface area contributed by atoms with Crippen molar-refractivity contribution in [2.45, 2.75) is 235 Å². The van der Waals surface area contributed by atoms with E-state index in [4.69, 9.17) is 52.1 Å². The van der Waals surface area contributed by atoms with Crippen molar-refractivity contribution < 1.29 is 127 Å². The molecule has 6 aliphatic rings. The topological polar surface area (TPSA) is 389 Å². The molecular formula is C66H103NO26. The fourth-order valence-electron chi connectivity index (χ4n) is 13.3. The maximum atomic E-state index is 14.7. The molecule has 5 aliphatic heterocycles. The molecule has 9 N–H and O–H groups in total. The van der Waals surface area contributed by atoms with Crippen LogP contribution in [0.25, 0.3) is 0 Å². The first-order valence-corrected chi connectivity index (χ1v) is 32.6. The predicted molar refractivity (Wildman–Crippen MR) is 328 cm³/mol. The van der Waals surface area contributed by atoms with Crippen LogP contribution in [0.3, 0.4) is 0 Å². The number of carbonyl (C=O) groups excluding carboxylic acids is 6. The lowest BCUT2D eigenvalue weighted by molar-refractivity contribution is -0.387. The van der Waals surface area contributed by atoms with Gasteiger partial charge >= 0.3 is 12.1 Å². The number of methoxy groups -OCH3 is 3. The second-order valence-corrected chi connectivity index (χ2v) is 26.3. The summed E-state index contributed by atoms with van der Waals surface area (Å²) in [5.74, 6) is -11.7. The van der Waals surface area contributed by atoms with Gasteiger partial charge in [0.25, 0.3) is 11.7 Å². The fourth-order valence-corrected chi connectivity index (χ4v) is 13.3. The standard InChI is InChI=1S/C66H103NO26/c1-35-16-12-11-13-17-36(2)48(83-8)30-43-21-19-41(7)66(82,93-43)59(77)61(78)67-23-15-14-18-44(67)62(79)90-49(31-45(69)37(3)27-40(6)53(72)58(85-10)52(71)39(5)26-35)38(4)28-42-20-22-47(50(29-42)84-9)86-24-25-87-64(80)88-34-65(81)60(54(73)46(70)33-89-65)92-63-57(76)56(75)55(74)51(32-68)91-63/h11-13,16-17,27,35,37-39,41-44,46-51,53-58,60,63,68,70,72-76,81-82H,14-15,18-26,28-34H2,1-10H3/b13-11+,16-12+,36-17+,40-27+/t35-,37-,38-,39-,41-,42?,43+,44?,46-,47-,48+,49+,50-,51-,53-,54-,55-,56+,57-,58+,60+,63-,65+,66-/m1/s1. The van der Waals surface area contributed by atoms with Gasteiger partial charge in [0.05, 0.1) is 44.2 Å². The number of piperidine rings is 1. The Bertz CT molecular complexity index is 2600. The van der Waals surface area contributed by atoms with Gasteiger partial charge in [-0.15, -0.1) is 0 Å². The number of aliphatic hydroxyl groups excluding tert-OH is 7. The lowest BCUT2D eigenvalue weighted by Gasteiger charge is -2.47. The van der Waals surface area contributed by atoms with E-state index in [1.54, 1.807) is 40.9 Å². The van der Waals surface area contributed by atoms with E-state index in [-0.39, 0.29) is 62.4 Å². The van der Waals surface area contributed by atoms with Crippen molar-refractivity contribution in [1.29, 1.82) is 0 Å². The lowest BCUT2D eigenvalue weighted by Crippen LogP contribution is -2.67. The number of cyclic esters (lactones) is 1. The summed E-state index contributed by atoms with van der Waals surface area (Å²) in [6, 6.07) is -1.25. The molecule has 1 amide bonds. The van der Waals surface area contributed by atoms with Gasteiger partial charge in [-0.1, -0.05) is 71.1 Å². The maximum absolute atomic E-state index is 14.7. The van der Waals surface area contributed by atoms with E-state index < -0.39 is 177 Å². The van der Waals surface area contributed by atoms with Gasteiger partial charge in [-0.3, -0.25) is 19.2 Å². The molecule has 0 aromatic heterocycles. The van der Waals surface area contributed by atoms with Crippen molar-refractivity contribution in [2.75, 3.05) is 60.9 Å². The average Bonchev–Trinajstić information content (AvgIpc) is 0.810. The first-order valence-electron chi connectivity index (χ1n) is 32.6. The van der Waals surface area contributed by atoms with Crippen molar-refractivity contribution in [3.05, 3.63) is 47.6 Å². The zero-order chi connectivity index (χ0) is 68.6. The van der Waals surface area contributed by atoms with Gasteiger partial charge in [0, 0.05) is 58.5 Å². The minimum atomic E-state index is -2.67. The molecule has 4 saturated heterocycles. The number of hydrogen-bond acceptors (Lipinski definition) is 26. The Hall–Kier alpha value is -4.50. The van der Waals surface area contributed by atoms with Crippen LogP contribution in [0.2, 0.25) is 0 Å². The molecule has 5 fully saturated rings. The molecule has 1 saturated carbocycles. The van der Waals surface area contributed by atoms with Gasteiger partial charge in [-0.25, -0.2) is 9.59 Å². The maximum Gasteiger partial charge on any atom is 0.508 e. The van der Waals surface area contributed by atoms with Gasteiger partial charge in [0.15, 0.2) is 18.7 Å². The number of carbonyl (C=O) groups is 6. The molecule has 5 heterocycles. The van der Waals surface area contributed by atoms with Gasteiger partial charge in [0.1, 0.15) is 79.5 Å². The minimum absolute atomic E-state index is 0.00946. The SMILES string of the molecule is CO[C@H]1C[C@@H]2CC[C@@H](C)[C@@](O)(O2)C(=O)C(=O)N2CCCCC2C(=O)O[C@H]([C@H](C)CC2CC[C@@H](OCCOC(=O)OC[C@]3(O)OC[C@@H](O)[C@@H](O)[C@@H]3O[C@H]3O[C@H](CO)[C@@H](O)[C@H](O)[C@H]3O)[C@H](OC)C2)CC(=O)[C@H](C)/C=C(\C)[C@@H](O)[C@@H](OC)C(=O)[C@H](C)C[C@H](C)/C=C/C=C/C=C/1C. The largest absolute Gasteiger partial charge is 0.508 e. The summed E-state index contributed by atoms with van der Waals surface area (Å²) in [7, 11) is 4.41. The number of fused-ring (bicyclic) bond motifs is 3. The van der Waals surface area contributed by atoms with Crippen LogP contribution < -0.4 is 0 Å². The van der Waals surface area contributed by atoms with Crippen molar-refractivity contribution >= 4 is 35.4 Å². The Morgan fingerprint density at radius 2 is 1.52 bits per heavy atom. The highest BCUT2D eigenvalue weighted by Crippen LogP contribution is 2.39. The molecular weight excluding hydrogens is 1220 g/mol. The highest BCUT2D eigenvalue weighted by atomic mass is 16.8. The Balaban J connectivity index is 1.14. The van der Waals surface area contributed by atoms with Gasteiger partial charge in [-0.2, -0.15) is 0 Å². The molecule has 93 heavy (non-hydrogen) atoms. The van der Waals surface area contributed by atoms with E-state index in [2.05, 4.69) is 0 Å². The number of amides is 1. The third-order valence-corrected chi connectivity index (χ3v) is 19.3. The van der Waals surface area contributed by atoms with Crippen LogP contribution in [0, 0.1) is 35.5 Å². The Labute approximate surface area is 544 Å². The summed E-state index contributed by atoms with van der Waals surface area (Å²) in [5, 5.41) is 96.6. The molecule has 6 rings (SSSR count). The van der Waals surface area contributed by atoms with Gasteiger partial charge in [-0.05, 0) is 107 Å². The van der Waals surface area contributed by atoms with Crippen molar-refractivity contribution in [3.63, 3.8) is 0 Å². The lowest BCUT2D eigenvalue weighted by atomic mass is 9.78. The van der Waals surface area contributed by atoms with E-state index in [0.717, 1.165) is 10.5 Å². The minimum Gasteiger partial charge on any atom is -0.460 e. The fraction of sp³-hybridized carbons (Fsp3) is 0.788. The Morgan fingerprint density at radius 3 is 2.20 bits per heavy atom. The van der Waals surface area contributed by atoms with Crippen LogP contribution in [-0.2, 0) is 76.1 Å². The highest BCUT2D eigenvalue weighted by molar-refractivity contribution is 6.39. The number of nitrogens with zero attached hydrogens (tertiary/aromatic N) is 1. The number of hydrogen-bond donors (Lipinski definition) is 9. The van der Waals surface area contributed by atoms with Crippen LogP contribution >= 0.6 is 0 Å². The van der Waals surface area contributed by atoms with Gasteiger partial charge in [0.2, 0.25) is 11.6 Å². The molecule has 1 aliphatic carbocycles. The Kier molecular flexibility index (Phi) is 29.7. The third kappa shape index (κ3) is 20.1. The van der Waals surface area contributed by atoms with E-state index in [0.29, 0.717) is 63.4 Å². The predicted octanol–water partition coefficient (Wildman–Crippen LogP) is 1.98. The molecule has 0 aromatic carbocycles. The van der Waals surface area contributed by atoms with Gasteiger partial charge < -0.3 is 103 Å². The van der Waals surface area contributed by atoms with Crippen LogP contribution in [-0.4, -0.2) is 257 Å². The van der Waals surface area contributed by atoms with Crippen LogP contribution in [0.1, 0.15) is 126 Å². The van der Waals surface area contributed by atoms with Crippen molar-refractivity contribution in [1.82, 2.24) is 4.90 Å². The first-order chi connectivity index (χ1) is 44.0. The van der Waals surface area contributed by atoms with Crippen LogP contribution in [0.5, 0.6) is 0 Å². The number of Topliss-reactive ketones (excluding diaryl/α,β-unsaturated/α-hetero) is 3. The normalized spacial score (nSPS) is 41.7. The molecule has 528 valence electrons.